The van der Waals surface area contributed by atoms with E-state index in [9.17, 15) is 9.90 Å². The minimum Gasteiger partial charge on any atom is -0.465 e. The molecule has 4 N–H and O–H groups in total. The van der Waals surface area contributed by atoms with Crippen LogP contribution in [0.25, 0.3) is 11.2 Å². The molecule has 6 atom stereocenters. The fraction of sp³-hybridized carbons (Fsp3) is 0.500. The number of hydrogen-bond acceptors (Lipinski definition) is 13. The molecule has 0 saturated carbocycles. The lowest BCUT2D eigenvalue weighted by molar-refractivity contribution is -0.201. The quantitative estimate of drug-likeness (QED) is 0.149. The number of rotatable bonds is 12. The van der Waals surface area contributed by atoms with Crippen LogP contribution in [0.4, 0.5) is 20.5 Å². The number of nitrogens with one attached hydrogen (secondary N) is 1. The fourth-order valence-corrected chi connectivity index (χ4v) is 7.87. The molecular weight excluding hydrogens is 615 g/mol. The van der Waals surface area contributed by atoms with E-state index in [2.05, 4.69) is 20.0 Å². The third-order valence-corrected chi connectivity index (χ3v) is 10.5. The zero-order valence-electron chi connectivity index (χ0n) is 23.4. The van der Waals surface area contributed by atoms with Gasteiger partial charge in [0.25, 0.3) is 5.85 Å². The van der Waals surface area contributed by atoms with E-state index in [4.69, 9.17) is 35.7 Å². The number of halogens is 2. The largest absolute Gasteiger partial charge is 0.465 e. The summed E-state index contributed by atoms with van der Waals surface area (Å²) in [7, 11) is 3.42. The van der Waals surface area contributed by atoms with Crippen LogP contribution >= 0.6 is 17.3 Å². The predicted molar refractivity (Wildman–Crippen MR) is 158 cm³/mol. The molecule has 18 heteroatoms. The number of alkyl halides is 2. The van der Waals surface area contributed by atoms with Gasteiger partial charge in [0.05, 0.1) is 12.9 Å². The third-order valence-electron chi connectivity index (χ3n) is 6.23. The molecule has 2 aromatic heterocycles. The van der Waals surface area contributed by atoms with Gasteiger partial charge in [0.2, 0.25) is 11.6 Å². The number of imidazole rings is 1. The van der Waals surface area contributed by atoms with Gasteiger partial charge in [0.15, 0.2) is 35.0 Å². The summed E-state index contributed by atoms with van der Waals surface area (Å²) in [4.78, 5) is 26.4. The minimum absolute atomic E-state index is 0.0688. The molecule has 0 amide bonds. The van der Waals surface area contributed by atoms with Crippen LogP contribution in [-0.2, 0) is 30.6 Å². The monoisotopic (exact) mass is 647 g/mol. The molecular formula is C24H32F2N7O6PS2. The molecule has 3 aromatic rings. The molecule has 0 bridgehead atoms. The molecule has 1 saturated heterocycles. The molecule has 0 aliphatic carbocycles. The zero-order chi connectivity index (χ0) is 30.9. The Morgan fingerprint density at radius 1 is 1.36 bits per heavy atom. The summed E-state index contributed by atoms with van der Waals surface area (Å²) in [5, 5.41) is 13.7. The Labute approximate surface area is 250 Å². The number of aromatic nitrogens is 4. The molecule has 230 valence electrons. The van der Waals surface area contributed by atoms with Crippen LogP contribution in [0, 0.1) is 0 Å². The van der Waals surface area contributed by atoms with Crippen molar-refractivity contribution in [3.63, 3.8) is 0 Å². The van der Waals surface area contributed by atoms with Crippen LogP contribution in [0.5, 0.6) is 5.75 Å². The Morgan fingerprint density at radius 2 is 2.05 bits per heavy atom. The lowest BCUT2D eigenvalue weighted by Crippen LogP contribution is -2.47. The Hall–Kier alpha value is -2.66. The SMILES string of the molecule is CCOC(=O)[C@H](C)NP(=S)(OC[C@@]1(F)O[C@@H](n2cnc3c(N(C)C)nc(N)nc32)[C@](C)(F)[C@@H]1O)SOc1ccccc1. The van der Waals surface area contributed by atoms with Crippen molar-refractivity contribution < 1.29 is 36.9 Å². The molecule has 4 rings (SSSR count). The summed E-state index contributed by atoms with van der Waals surface area (Å²) in [6, 6.07) is 7.61. The zero-order valence-corrected chi connectivity index (χ0v) is 26.0. The van der Waals surface area contributed by atoms with E-state index >= 15 is 8.78 Å². The van der Waals surface area contributed by atoms with Gasteiger partial charge in [-0.05, 0) is 44.7 Å². The Bertz CT molecular complexity index is 1470. The molecule has 13 nitrogen and oxygen atoms in total. The molecule has 1 aliphatic rings. The summed E-state index contributed by atoms with van der Waals surface area (Å²) >= 11 is 6.31. The van der Waals surface area contributed by atoms with Crippen molar-refractivity contribution in [1.82, 2.24) is 24.6 Å². The van der Waals surface area contributed by atoms with Crippen molar-refractivity contribution >= 4 is 58.0 Å². The van der Waals surface area contributed by atoms with E-state index in [1.807, 2.05) is 0 Å². The first-order valence-electron chi connectivity index (χ1n) is 12.7. The number of nitrogen functional groups attached to an aromatic ring is 1. The van der Waals surface area contributed by atoms with Gasteiger partial charge in [-0.15, -0.1) is 0 Å². The lowest BCUT2D eigenvalue weighted by Gasteiger charge is -2.29. The predicted octanol–water partition coefficient (Wildman–Crippen LogP) is 3.27. The highest BCUT2D eigenvalue weighted by molar-refractivity contribution is 8.67. The van der Waals surface area contributed by atoms with Crippen molar-refractivity contribution in [2.45, 2.75) is 50.7 Å². The van der Waals surface area contributed by atoms with E-state index in [0.717, 1.165) is 11.5 Å². The average molecular weight is 648 g/mol. The van der Waals surface area contributed by atoms with Gasteiger partial charge in [-0.3, -0.25) is 9.36 Å². The second-order valence-corrected chi connectivity index (χ2v) is 15.8. The third kappa shape index (κ3) is 6.61. The molecule has 1 unspecified atom stereocenters. The van der Waals surface area contributed by atoms with Crippen molar-refractivity contribution in [3.8, 4) is 5.75 Å². The summed E-state index contributed by atoms with van der Waals surface area (Å²) < 4.78 is 55.5. The second-order valence-electron chi connectivity index (χ2n) is 9.78. The molecule has 1 aromatic carbocycles. The Balaban J connectivity index is 1.60. The molecule has 3 heterocycles. The van der Waals surface area contributed by atoms with Crippen molar-refractivity contribution in [1.29, 1.82) is 0 Å². The van der Waals surface area contributed by atoms with Crippen molar-refractivity contribution in [3.05, 3.63) is 36.7 Å². The van der Waals surface area contributed by atoms with E-state index in [1.54, 1.807) is 56.3 Å². The van der Waals surface area contributed by atoms with Gasteiger partial charge in [0.1, 0.15) is 30.1 Å². The van der Waals surface area contributed by atoms with Crippen LogP contribution in [0.1, 0.15) is 27.0 Å². The van der Waals surface area contributed by atoms with Crippen molar-refractivity contribution in [2.24, 2.45) is 0 Å². The first-order chi connectivity index (χ1) is 19.7. The van der Waals surface area contributed by atoms with Crippen LogP contribution in [0.15, 0.2) is 36.7 Å². The lowest BCUT2D eigenvalue weighted by atomic mass is 9.97. The van der Waals surface area contributed by atoms with E-state index in [-0.39, 0.29) is 23.7 Å². The standard InChI is InChI=1S/C24H32F2N7O6PS2/c1-6-36-19(34)14(2)31-40(41,42-39-15-10-8-7-9-11-15)37-12-24(26)20(35)23(3,25)21(38-24)33-13-28-16-17(32(4)5)29-22(27)30-18(16)33/h7-11,13-14,20-21,35H,6,12H2,1-5H3,(H,31,41)(H2,27,29,30)/t14-,20-,21+,23+,24+,40?/m0/s1. The van der Waals surface area contributed by atoms with Gasteiger partial charge >= 0.3 is 5.97 Å². The highest BCUT2D eigenvalue weighted by Crippen LogP contribution is 2.59. The Morgan fingerprint density at radius 3 is 2.69 bits per heavy atom. The minimum atomic E-state index is -3.46. The van der Waals surface area contributed by atoms with Crippen LogP contribution in [-0.4, -0.2) is 81.6 Å². The normalized spacial score (nSPS) is 26.1. The molecule has 0 spiro atoms. The summed E-state index contributed by atoms with van der Waals surface area (Å²) in [6.45, 7) is 3.23. The maximum absolute atomic E-state index is 16.3. The highest BCUT2D eigenvalue weighted by Gasteiger charge is 2.65. The van der Waals surface area contributed by atoms with Crippen LogP contribution in [0.3, 0.4) is 0 Å². The van der Waals surface area contributed by atoms with E-state index in [1.165, 1.54) is 13.3 Å². The Kier molecular flexibility index (Phi) is 9.62. The number of aliphatic hydroxyl groups is 1. The molecule has 1 fully saturated rings. The van der Waals surface area contributed by atoms with Crippen LogP contribution < -0.4 is 19.9 Å². The number of benzene rings is 1. The number of nitrogens with two attached hydrogens (primary N) is 1. The number of nitrogens with zero attached hydrogens (tertiary/aromatic N) is 5. The fourth-order valence-electron chi connectivity index (χ4n) is 4.14. The maximum atomic E-state index is 16.3. The number of hydrogen-bond donors (Lipinski definition) is 3. The summed E-state index contributed by atoms with van der Waals surface area (Å²) in [5.41, 5.74) is 0.0319. The first-order valence-corrected chi connectivity index (χ1v) is 16.8. The van der Waals surface area contributed by atoms with Gasteiger partial charge in [0, 0.05) is 14.1 Å². The maximum Gasteiger partial charge on any atom is 0.323 e. The molecule has 42 heavy (non-hydrogen) atoms. The van der Waals surface area contributed by atoms with E-state index < -0.39 is 48.1 Å². The van der Waals surface area contributed by atoms with Gasteiger partial charge in [-0.1, -0.05) is 18.2 Å². The van der Waals surface area contributed by atoms with Gasteiger partial charge in [-0.25, -0.2) is 18.9 Å². The average Bonchev–Trinajstić information content (AvgIpc) is 3.43. The number of para-hydroxylation sites is 1. The molecule has 1 aliphatic heterocycles. The highest BCUT2D eigenvalue weighted by atomic mass is 32.9. The first kappa shape index (κ1) is 32.3. The van der Waals surface area contributed by atoms with Gasteiger partial charge in [-0.2, -0.15) is 9.97 Å². The number of carbonyl (C=O) groups is 1. The molecule has 0 radical (unpaired) electrons. The number of esters is 1. The summed E-state index contributed by atoms with van der Waals surface area (Å²) in [5.74, 6) is -3.06. The topological polar surface area (TPSA) is 159 Å². The second kappa shape index (κ2) is 12.5. The number of anilines is 2. The summed E-state index contributed by atoms with van der Waals surface area (Å²) in [6.07, 6.45) is -2.86. The van der Waals surface area contributed by atoms with E-state index in [0.29, 0.717) is 23.2 Å². The van der Waals surface area contributed by atoms with Crippen molar-refractivity contribution in [2.75, 3.05) is 37.9 Å². The number of carbonyl (C=O) groups excluding carboxylic acids is 1. The smallest absolute Gasteiger partial charge is 0.323 e. The number of aliphatic hydroxyl groups excluding tert-OH is 1. The van der Waals surface area contributed by atoms with Crippen LogP contribution in [0.2, 0.25) is 0 Å². The van der Waals surface area contributed by atoms with Gasteiger partial charge < -0.3 is 33.9 Å². The number of fused-ring (bicyclic) bond motifs is 1. The number of ether oxygens (including phenoxy) is 2.